The Bertz CT molecular complexity index is 425. The lowest BCUT2D eigenvalue weighted by Crippen LogP contribution is -2.25. The molecular formula is C16H25BrClNO. The molecule has 1 aromatic carbocycles. The minimum atomic E-state index is 0.261. The summed E-state index contributed by atoms with van der Waals surface area (Å²) in [5.41, 5.74) is 1.14. The summed E-state index contributed by atoms with van der Waals surface area (Å²) in [6.07, 6.45) is 4.83. The SMILES string of the molecule is CCCCC(CC)C(NC)c1cc(Cl)cc(Br)c1OC. The molecule has 0 radical (unpaired) electrons. The van der Waals surface area contributed by atoms with Crippen LogP contribution in [-0.2, 0) is 0 Å². The molecule has 0 amide bonds. The predicted octanol–water partition coefficient (Wildman–Crippen LogP) is 5.59. The fourth-order valence-corrected chi connectivity index (χ4v) is 3.74. The molecule has 20 heavy (non-hydrogen) atoms. The molecular weight excluding hydrogens is 338 g/mol. The van der Waals surface area contributed by atoms with Gasteiger partial charge in [-0.05, 0) is 47.4 Å². The van der Waals surface area contributed by atoms with E-state index in [9.17, 15) is 0 Å². The smallest absolute Gasteiger partial charge is 0.137 e. The maximum absolute atomic E-state index is 6.22. The van der Waals surface area contributed by atoms with Crippen LogP contribution in [0.5, 0.6) is 5.75 Å². The molecule has 1 aromatic rings. The van der Waals surface area contributed by atoms with Crippen LogP contribution in [0.15, 0.2) is 16.6 Å². The second-order valence-electron chi connectivity index (χ2n) is 5.09. The topological polar surface area (TPSA) is 21.3 Å². The van der Waals surface area contributed by atoms with E-state index in [4.69, 9.17) is 16.3 Å². The van der Waals surface area contributed by atoms with E-state index >= 15 is 0 Å². The van der Waals surface area contributed by atoms with E-state index < -0.39 is 0 Å². The highest BCUT2D eigenvalue weighted by Gasteiger charge is 2.24. The van der Waals surface area contributed by atoms with Crippen molar-refractivity contribution in [3.63, 3.8) is 0 Å². The van der Waals surface area contributed by atoms with Crippen molar-refractivity contribution in [2.45, 2.75) is 45.6 Å². The van der Waals surface area contributed by atoms with Gasteiger partial charge in [-0.2, -0.15) is 0 Å². The molecule has 0 heterocycles. The number of hydrogen-bond donors (Lipinski definition) is 1. The zero-order chi connectivity index (χ0) is 15.1. The second kappa shape index (κ2) is 8.91. The van der Waals surface area contributed by atoms with Gasteiger partial charge in [-0.25, -0.2) is 0 Å². The largest absolute Gasteiger partial charge is 0.495 e. The Morgan fingerprint density at radius 3 is 2.55 bits per heavy atom. The van der Waals surface area contributed by atoms with Crippen LogP contribution in [0, 0.1) is 5.92 Å². The average Bonchev–Trinajstić information content (AvgIpc) is 2.42. The molecule has 2 unspecified atom stereocenters. The Labute approximate surface area is 136 Å². The van der Waals surface area contributed by atoms with Crippen LogP contribution in [0.25, 0.3) is 0 Å². The Balaban J connectivity index is 3.15. The third-order valence-corrected chi connectivity index (χ3v) is 4.62. The van der Waals surface area contributed by atoms with Gasteiger partial charge in [0, 0.05) is 16.6 Å². The molecule has 0 bridgehead atoms. The summed E-state index contributed by atoms with van der Waals surface area (Å²) < 4.78 is 6.48. The first kappa shape index (κ1) is 17.8. The molecule has 114 valence electrons. The third kappa shape index (κ3) is 4.37. The van der Waals surface area contributed by atoms with Gasteiger partial charge in [0.25, 0.3) is 0 Å². The fourth-order valence-electron chi connectivity index (χ4n) is 2.74. The Morgan fingerprint density at radius 2 is 2.05 bits per heavy atom. The van der Waals surface area contributed by atoms with Crippen molar-refractivity contribution in [1.82, 2.24) is 5.32 Å². The first-order valence-corrected chi connectivity index (χ1v) is 8.46. The highest BCUT2D eigenvalue weighted by atomic mass is 79.9. The standard InChI is InChI=1S/C16H25BrClNO/c1-5-7-8-11(6-2)15(19-3)13-9-12(18)10-14(17)16(13)20-4/h9-11,15,19H,5-8H2,1-4H3. The number of hydrogen-bond acceptors (Lipinski definition) is 2. The number of benzene rings is 1. The van der Waals surface area contributed by atoms with Gasteiger partial charge in [0.1, 0.15) is 5.75 Å². The van der Waals surface area contributed by atoms with Gasteiger partial charge in [-0.15, -0.1) is 0 Å². The average molecular weight is 363 g/mol. The van der Waals surface area contributed by atoms with E-state index in [2.05, 4.69) is 35.1 Å². The van der Waals surface area contributed by atoms with E-state index in [1.165, 1.54) is 19.3 Å². The number of nitrogens with one attached hydrogen (secondary N) is 1. The molecule has 4 heteroatoms. The normalized spacial score (nSPS) is 14.1. The molecule has 2 nitrogen and oxygen atoms in total. The van der Waals surface area contributed by atoms with E-state index in [-0.39, 0.29) is 6.04 Å². The van der Waals surface area contributed by atoms with Gasteiger partial charge < -0.3 is 10.1 Å². The van der Waals surface area contributed by atoms with Gasteiger partial charge in [-0.3, -0.25) is 0 Å². The zero-order valence-corrected chi connectivity index (χ0v) is 15.1. The summed E-state index contributed by atoms with van der Waals surface area (Å²) in [4.78, 5) is 0. The third-order valence-electron chi connectivity index (χ3n) is 3.81. The summed E-state index contributed by atoms with van der Waals surface area (Å²) in [7, 11) is 3.71. The van der Waals surface area contributed by atoms with Crippen molar-refractivity contribution in [2.24, 2.45) is 5.92 Å². The fraction of sp³-hybridized carbons (Fsp3) is 0.625. The van der Waals surface area contributed by atoms with Crippen LogP contribution < -0.4 is 10.1 Å². The summed E-state index contributed by atoms with van der Waals surface area (Å²) in [5, 5.41) is 4.18. The van der Waals surface area contributed by atoms with Gasteiger partial charge in [0.2, 0.25) is 0 Å². The molecule has 0 aliphatic heterocycles. The lowest BCUT2D eigenvalue weighted by molar-refractivity contribution is 0.324. The first-order chi connectivity index (χ1) is 9.58. The number of methoxy groups -OCH3 is 1. The van der Waals surface area contributed by atoms with Gasteiger partial charge in [0.15, 0.2) is 0 Å². The molecule has 0 aliphatic rings. The first-order valence-electron chi connectivity index (χ1n) is 7.29. The number of halogens is 2. The molecule has 0 aromatic heterocycles. The molecule has 1 N–H and O–H groups in total. The van der Waals surface area contributed by atoms with Gasteiger partial charge in [-0.1, -0.05) is 44.7 Å². The highest BCUT2D eigenvalue weighted by molar-refractivity contribution is 9.10. The quantitative estimate of drug-likeness (QED) is 0.651. The predicted molar refractivity (Wildman–Crippen MR) is 90.8 cm³/mol. The van der Waals surface area contributed by atoms with E-state index in [0.717, 1.165) is 27.2 Å². The van der Waals surface area contributed by atoms with Crippen LogP contribution in [0.2, 0.25) is 5.02 Å². The highest BCUT2D eigenvalue weighted by Crippen LogP contribution is 2.40. The minimum Gasteiger partial charge on any atom is -0.495 e. The molecule has 0 aliphatic carbocycles. The maximum atomic E-state index is 6.22. The van der Waals surface area contributed by atoms with E-state index in [1.807, 2.05) is 19.2 Å². The monoisotopic (exact) mass is 361 g/mol. The van der Waals surface area contributed by atoms with Crippen LogP contribution in [0.3, 0.4) is 0 Å². The summed E-state index contributed by atoms with van der Waals surface area (Å²) in [5.74, 6) is 1.46. The molecule has 0 saturated carbocycles. The van der Waals surface area contributed by atoms with Gasteiger partial charge in [0.05, 0.1) is 11.6 Å². The maximum Gasteiger partial charge on any atom is 0.137 e. The molecule has 1 rings (SSSR count). The summed E-state index contributed by atoms with van der Waals surface area (Å²) >= 11 is 9.76. The minimum absolute atomic E-state index is 0.261. The van der Waals surface area contributed by atoms with E-state index in [0.29, 0.717) is 5.92 Å². The Hall–Kier alpha value is -0.250. The van der Waals surface area contributed by atoms with Crippen molar-refractivity contribution in [3.05, 3.63) is 27.2 Å². The lowest BCUT2D eigenvalue weighted by atomic mass is 9.86. The van der Waals surface area contributed by atoms with Crippen LogP contribution in [-0.4, -0.2) is 14.2 Å². The van der Waals surface area contributed by atoms with Crippen molar-refractivity contribution in [1.29, 1.82) is 0 Å². The van der Waals surface area contributed by atoms with Crippen LogP contribution in [0.1, 0.15) is 51.1 Å². The Kier molecular flexibility index (Phi) is 7.93. The number of unbranched alkanes of at least 4 members (excludes halogenated alkanes) is 1. The van der Waals surface area contributed by atoms with Crippen LogP contribution >= 0.6 is 27.5 Å². The van der Waals surface area contributed by atoms with Crippen LogP contribution in [0.4, 0.5) is 0 Å². The lowest BCUT2D eigenvalue weighted by Gasteiger charge is -2.28. The molecule has 0 saturated heterocycles. The summed E-state index contributed by atoms with van der Waals surface area (Å²) in [6.45, 7) is 4.48. The Morgan fingerprint density at radius 1 is 1.35 bits per heavy atom. The van der Waals surface area contributed by atoms with Crippen molar-refractivity contribution in [2.75, 3.05) is 14.2 Å². The van der Waals surface area contributed by atoms with Crippen molar-refractivity contribution in [3.8, 4) is 5.75 Å². The van der Waals surface area contributed by atoms with Crippen molar-refractivity contribution < 1.29 is 4.74 Å². The second-order valence-corrected chi connectivity index (χ2v) is 6.38. The number of rotatable bonds is 8. The summed E-state index contributed by atoms with van der Waals surface area (Å²) in [6, 6.07) is 4.15. The zero-order valence-electron chi connectivity index (χ0n) is 12.8. The van der Waals surface area contributed by atoms with Gasteiger partial charge >= 0.3 is 0 Å². The molecule has 0 spiro atoms. The molecule has 2 atom stereocenters. The van der Waals surface area contributed by atoms with Crippen molar-refractivity contribution >= 4 is 27.5 Å². The molecule has 0 fully saturated rings. The number of ether oxygens (including phenoxy) is 1. The van der Waals surface area contributed by atoms with E-state index in [1.54, 1.807) is 7.11 Å².